The van der Waals surface area contributed by atoms with Gasteiger partial charge in [0, 0.05) is 12.0 Å². The van der Waals surface area contributed by atoms with Crippen LogP contribution in [0.15, 0.2) is 30.3 Å². The summed E-state index contributed by atoms with van der Waals surface area (Å²) in [5.41, 5.74) is 0.667. The molecule has 0 aliphatic carbocycles. The van der Waals surface area contributed by atoms with E-state index >= 15 is 0 Å². The van der Waals surface area contributed by atoms with Gasteiger partial charge in [-0.25, -0.2) is 0 Å². The third-order valence-corrected chi connectivity index (χ3v) is 2.80. The maximum absolute atomic E-state index is 11.9. The Morgan fingerprint density at radius 2 is 2.06 bits per heavy atom. The van der Waals surface area contributed by atoms with Crippen molar-refractivity contribution in [3.63, 3.8) is 0 Å². The molecule has 3 heteroatoms. The van der Waals surface area contributed by atoms with Crippen LogP contribution in [0.4, 0.5) is 0 Å². The van der Waals surface area contributed by atoms with E-state index in [4.69, 9.17) is 4.74 Å². The molecule has 3 nitrogen and oxygen atoms in total. The lowest BCUT2D eigenvalue weighted by Gasteiger charge is -2.19. The summed E-state index contributed by atoms with van der Waals surface area (Å²) < 4.78 is 4.94. The molecular formula is C13H14O3. The average molecular weight is 218 g/mol. The zero-order chi connectivity index (χ0) is 11.4. The number of ketones is 1. The Hall–Kier alpha value is -1.64. The number of carbonyl (C=O) groups is 2. The van der Waals surface area contributed by atoms with Crippen LogP contribution < -0.4 is 0 Å². The van der Waals surface area contributed by atoms with Gasteiger partial charge in [0.2, 0.25) is 0 Å². The third-order valence-electron chi connectivity index (χ3n) is 2.80. The minimum Gasteiger partial charge on any atom is -0.465 e. The van der Waals surface area contributed by atoms with E-state index in [9.17, 15) is 9.59 Å². The second kappa shape index (κ2) is 4.92. The molecule has 0 N–H and O–H groups in total. The number of benzene rings is 1. The maximum Gasteiger partial charge on any atom is 0.309 e. The molecule has 2 rings (SSSR count). The van der Waals surface area contributed by atoms with Gasteiger partial charge < -0.3 is 4.74 Å². The highest BCUT2D eigenvalue weighted by Gasteiger charge is 2.26. The van der Waals surface area contributed by atoms with Gasteiger partial charge in [-0.05, 0) is 12.8 Å². The number of carbonyl (C=O) groups excluding carboxylic acids is 2. The first-order valence-corrected chi connectivity index (χ1v) is 5.52. The van der Waals surface area contributed by atoms with Gasteiger partial charge in [0.1, 0.15) is 0 Å². The molecule has 1 fully saturated rings. The normalized spacial score (nSPS) is 20.2. The highest BCUT2D eigenvalue weighted by Crippen LogP contribution is 2.20. The third kappa shape index (κ3) is 2.48. The van der Waals surface area contributed by atoms with E-state index in [0.29, 0.717) is 12.2 Å². The molecule has 0 saturated carbocycles. The van der Waals surface area contributed by atoms with E-state index in [1.54, 1.807) is 12.1 Å². The number of hydrogen-bond donors (Lipinski definition) is 0. The highest BCUT2D eigenvalue weighted by molar-refractivity contribution is 5.98. The van der Waals surface area contributed by atoms with Crippen LogP contribution in [-0.2, 0) is 9.53 Å². The smallest absolute Gasteiger partial charge is 0.309 e. The number of Topliss-reactive ketones (excluding diaryl/α,β-unsaturated/α-hetero) is 1. The molecule has 0 unspecified atom stereocenters. The first kappa shape index (κ1) is 10.9. The molecule has 84 valence electrons. The summed E-state index contributed by atoms with van der Waals surface area (Å²) in [4.78, 5) is 23.2. The van der Waals surface area contributed by atoms with Gasteiger partial charge in [-0.15, -0.1) is 0 Å². The lowest BCUT2D eigenvalue weighted by molar-refractivity contribution is -0.152. The summed E-state index contributed by atoms with van der Waals surface area (Å²) in [5, 5.41) is 0. The van der Waals surface area contributed by atoms with Crippen molar-refractivity contribution in [3.05, 3.63) is 35.9 Å². The fraction of sp³-hybridized carbons (Fsp3) is 0.385. The molecule has 1 saturated heterocycles. The van der Waals surface area contributed by atoms with Crippen molar-refractivity contribution < 1.29 is 14.3 Å². The van der Waals surface area contributed by atoms with Crippen molar-refractivity contribution in [1.82, 2.24) is 0 Å². The number of rotatable bonds is 3. The zero-order valence-electron chi connectivity index (χ0n) is 9.02. The van der Waals surface area contributed by atoms with Crippen LogP contribution >= 0.6 is 0 Å². The lowest BCUT2D eigenvalue weighted by atomic mass is 9.93. The van der Waals surface area contributed by atoms with Crippen molar-refractivity contribution in [2.45, 2.75) is 19.3 Å². The van der Waals surface area contributed by atoms with E-state index in [0.717, 1.165) is 12.8 Å². The van der Waals surface area contributed by atoms with Crippen LogP contribution in [0.1, 0.15) is 29.6 Å². The first-order chi connectivity index (χ1) is 7.77. The van der Waals surface area contributed by atoms with E-state index < -0.39 is 0 Å². The minimum absolute atomic E-state index is 0.0180. The molecule has 1 aromatic rings. The van der Waals surface area contributed by atoms with Crippen LogP contribution in [0.2, 0.25) is 0 Å². The van der Waals surface area contributed by atoms with Crippen molar-refractivity contribution in [2.24, 2.45) is 5.92 Å². The Kier molecular flexibility index (Phi) is 3.34. The highest BCUT2D eigenvalue weighted by atomic mass is 16.5. The van der Waals surface area contributed by atoms with Gasteiger partial charge in [0.25, 0.3) is 0 Å². The fourth-order valence-electron chi connectivity index (χ4n) is 1.89. The Labute approximate surface area is 94.4 Å². The summed E-state index contributed by atoms with van der Waals surface area (Å²) in [7, 11) is 0. The summed E-state index contributed by atoms with van der Waals surface area (Å²) in [6.07, 6.45) is 1.89. The van der Waals surface area contributed by atoms with Crippen LogP contribution in [0, 0.1) is 5.92 Å². The number of ether oxygens (including phenoxy) is 1. The molecule has 0 aromatic heterocycles. The predicted octanol–water partition coefficient (Wildman–Crippen LogP) is 2.21. The van der Waals surface area contributed by atoms with Gasteiger partial charge in [0.05, 0.1) is 12.5 Å². The lowest BCUT2D eigenvalue weighted by Crippen LogP contribution is -2.26. The number of hydrogen-bond acceptors (Lipinski definition) is 3. The van der Waals surface area contributed by atoms with E-state index in [-0.39, 0.29) is 24.1 Å². The van der Waals surface area contributed by atoms with Crippen molar-refractivity contribution in [3.8, 4) is 0 Å². The molecule has 0 amide bonds. The van der Waals surface area contributed by atoms with E-state index in [1.165, 1.54) is 0 Å². The van der Waals surface area contributed by atoms with Gasteiger partial charge in [-0.3, -0.25) is 9.59 Å². The minimum atomic E-state index is -0.249. The summed E-state index contributed by atoms with van der Waals surface area (Å²) >= 11 is 0. The monoisotopic (exact) mass is 218 g/mol. The predicted molar refractivity (Wildman–Crippen MR) is 59.1 cm³/mol. The second-order valence-corrected chi connectivity index (χ2v) is 4.00. The molecule has 1 aromatic carbocycles. The Morgan fingerprint density at radius 3 is 2.75 bits per heavy atom. The SMILES string of the molecule is O=C(C[C@H]1CCCOC1=O)c1ccccc1. The zero-order valence-corrected chi connectivity index (χ0v) is 9.02. The van der Waals surface area contributed by atoms with Crippen molar-refractivity contribution in [1.29, 1.82) is 0 Å². The van der Waals surface area contributed by atoms with Crippen LogP contribution in [0.3, 0.4) is 0 Å². The topological polar surface area (TPSA) is 43.4 Å². The van der Waals surface area contributed by atoms with Crippen molar-refractivity contribution in [2.75, 3.05) is 6.61 Å². The van der Waals surface area contributed by atoms with Crippen molar-refractivity contribution >= 4 is 11.8 Å². The molecular weight excluding hydrogens is 204 g/mol. The molecule has 0 bridgehead atoms. The van der Waals surface area contributed by atoms with Crippen LogP contribution in [0.25, 0.3) is 0 Å². The molecule has 1 atom stereocenters. The Morgan fingerprint density at radius 1 is 1.31 bits per heavy atom. The first-order valence-electron chi connectivity index (χ1n) is 5.52. The van der Waals surface area contributed by atoms with Crippen LogP contribution in [0.5, 0.6) is 0 Å². The van der Waals surface area contributed by atoms with Gasteiger partial charge in [-0.2, -0.15) is 0 Å². The second-order valence-electron chi connectivity index (χ2n) is 4.00. The van der Waals surface area contributed by atoms with Gasteiger partial charge in [0.15, 0.2) is 5.78 Å². The standard InChI is InChI=1S/C13H14O3/c14-12(10-5-2-1-3-6-10)9-11-7-4-8-16-13(11)15/h1-3,5-6,11H,4,7-9H2/t11-/m1/s1. The molecule has 0 radical (unpaired) electrons. The molecule has 0 spiro atoms. The fourth-order valence-corrected chi connectivity index (χ4v) is 1.89. The van der Waals surface area contributed by atoms with Crippen LogP contribution in [-0.4, -0.2) is 18.4 Å². The summed E-state index contributed by atoms with van der Waals surface area (Å²) in [6.45, 7) is 0.495. The molecule has 1 aliphatic rings. The summed E-state index contributed by atoms with van der Waals surface area (Å²) in [6, 6.07) is 9.07. The summed E-state index contributed by atoms with van der Waals surface area (Å²) in [5.74, 6) is -0.457. The van der Waals surface area contributed by atoms with E-state index in [2.05, 4.69) is 0 Å². The maximum atomic E-state index is 11.9. The van der Waals surface area contributed by atoms with Gasteiger partial charge >= 0.3 is 5.97 Å². The van der Waals surface area contributed by atoms with E-state index in [1.807, 2.05) is 18.2 Å². The largest absolute Gasteiger partial charge is 0.465 e. The average Bonchev–Trinajstić information content (AvgIpc) is 2.33. The molecule has 16 heavy (non-hydrogen) atoms. The Bertz CT molecular complexity index is 383. The number of esters is 1. The number of cyclic esters (lactones) is 1. The molecule has 1 heterocycles. The quantitative estimate of drug-likeness (QED) is 0.577. The van der Waals surface area contributed by atoms with Gasteiger partial charge in [-0.1, -0.05) is 30.3 Å². The Balaban J connectivity index is 1.99. The molecule has 1 aliphatic heterocycles.